The van der Waals surface area contributed by atoms with Crippen LogP contribution in [0.1, 0.15) is 17.7 Å². The maximum atomic E-state index is 8.26. The second kappa shape index (κ2) is 4.58. The molecule has 0 atom stereocenters. The van der Waals surface area contributed by atoms with Crippen molar-refractivity contribution >= 4 is 0 Å². The zero-order valence-corrected chi connectivity index (χ0v) is 7.13. The van der Waals surface area contributed by atoms with Gasteiger partial charge in [0.05, 0.1) is 18.9 Å². The predicted octanol–water partition coefficient (Wildman–Crippen LogP) is 1.59. The van der Waals surface area contributed by atoms with Gasteiger partial charge in [0.15, 0.2) is 0 Å². The number of hydrogen-bond donors (Lipinski definition) is 1. The Hall–Kier alpha value is -1.27. The first-order chi connectivity index (χ1) is 5.84. The predicted molar refractivity (Wildman–Crippen MR) is 45.4 cm³/mol. The van der Waals surface area contributed by atoms with Crippen LogP contribution in [0.15, 0.2) is 16.7 Å². The highest BCUT2D eigenvalue weighted by atomic mass is 16.3. The number of aryl methyl sites for hydroxylation is 1. The Morgan fingerprint density at radius 1 is 1.67 bits per heavy atom. The minimum absolute atomic E-state index is 0.541. The van der Waals surface area contributed by atoms with Crippen molar-refractivity contribution in [3.8, 4) is 6.07 Å². The van der Waals surface area contributed by atoms with Crippen LogP contribution in [0, 0.1) is 18.3 Å². The molecule has 0 unspecified atom stereocenters. The van der Waals surface area contributed by atoms with Gasteiger partial charge in [0.25, 0.3) is 0 Å². The van der Waals surface area contributed by atoms with Gasteiger partial charge in [0.2, 0.25) is 0 Å². The van der Waals surface area contributed by atoms with Crippen LogP contribution in [0.25, 0.3) is 0 Å². The largest absolute Gasteiger partial charge is 0.468 e. The van der Waals surface area contributed by atoms with E-state index in [2.05, 4.69) is 11.4 Å². The molecule has 1 heterocycles. The average Bonchev–Trinajstić information content (AvgIpc) is 2.46. The lowest BCUT2D eigenvalue weighted by atomic mass is 10.3. The summed E-state index contributed by atoms with van der Waals surface area (Å²) in [7, 11) is 0. The molecule has 1 aromatic rings. The molecule has 64 valence electrons. The van der Waals surface area contributed by atoms with Gasteiger partial charge in [0, 0.05) is 13.0 Å². The first kappa shape index (κ1) is 8.82. The molecular weight excluding hydrogens is 152 g/mol. The average molecular weight is 164 g/mol. The van der Waals surface area contributed by atoms with Gasteiger partial charge < -0.3 is 9.73 Å². The zero-order chi connectivity index (χ0) is 8.81. The summed E-state index contributed by atoms with van der Waals surface area (Å²) in [6.45, 7) is 3.43. The molecule has 0 aliphatic heterocycles. The zero-order valence-electron chi connectivity index (χ0n) is 7.13. The van der Waals surface area contributed by atoms with Gasteiger partial charge in [-0.15, -0.1) is 0 Å². The second-order valence-electron chi connectivity index (χ2n) is 2.61. The van der Waals surface area contributed by atoms with Crippen LogP contribution in [-0.4, -0.2) is 6.54 Å². The molecule has 0 saturated heterocycles. The van der Waals surface area contributed by atoms with Crippen molar-refractivity contribution < 1.29 is 4.42 Å². The van der Waals surface area contributed by atoms with E-state index in [1.165, 1.54) is 0 Å². The summed E-state index contributed by atoms with van der Waals surface area (Å²) in [5.74, 6) is 0.952. The van der Waals surface area contributed by atoms with Gasteiger partial charge in [-0.3, -0.25) is 0 Å². The van der Waals surface area contributed by atoms with Crippen LogP contribution < -0.4 is 5.32 Å². The Morgan fingerprint density at radius 3 is 3.08 bits per heavy atom. The fraction of sp³-hybridized carbons (Fsp3) is 0.444. The van der Waals surface area contributed by atoms with Crippen LogP contribution in [0.3, 0.4) is 0 Å². The molecule has 3 nitrogen and oxygen atoms in total. The number of furan rings is 1. The second-order valence-corrected chi connectivity index (χ2v) is 2.61. The van der Waals surface area contributed by atoms with Crippen molar-refractivity contribution in [2.24, 2.45) is 0 Å². The van der Waals surface area contributed by atoms with Gasteiger partial charge >= 0.3 is 0 Å². The van der Waals surface area contributed by atoms with E-state index in [1.54, 1.807) is 6.26 Å². The molecule has 0 saturated carbocycles. The van der Waals surface area contributed by atoms with Crippen LogP contribution in [0.2, 0.25) is 0 Å². The Morgan fingerprint density at radius 2 is 2.50 bits per heavy atom. The Bertz CT molecular complexity index is 272. The van der Waals surface area contributed by atoms with E-state index in [4.69, 9.17) is 9.68 Å². The molecule has 0 radical (unpaired) electrons. The molecule has 0 bridgehead atoms. The number of nitrogens with zero attached hydrogens (tertiary/aromatic N) is 1. The van der Waals surface area contributed by atoms with E-state index in [-0.39, 0.29) is 0 Å². The smallest absolute Gasteiger partial charge is 0.120 e. The lowest BCUT2D eigenvalue weighted by Gasteiger charge is -1.99. The summed E-state index contributed by atoms with van der Waals surface area (Å²) in [6, 6.07) is 4.00. The van der Waals surface area contributed by atoms with Crippen LogP contribution in [0.4, 0.5) is 0 Å². The third kappa shape index (κ3) is 2.40. The molecule has 1 rings (SSSR count). The Kier molecular flexibility index (Phi) is 3.36. The topological polar surface area (TPSA) is 49.0 Å². The van der Waals surface area contributed by atoms with Gasteiger partial charge in [0.1, 0.15) is 5.76 Å². The minimum Gasteiger partial charge on any atom is -0.468 e. The fourth-order valence-corrected chi connectivity index (χ4v) is 0.931. The quantitative estimate of drug-likeness (QED) is 0.687. The van der Waals surface area contributed by atoms with E-state index in [0.717, 1.165) is 17.9 Å². The van der Waals surface area contributed by atoms with Gasteiger partial charge in [-0.25, -0.2) is 0 Å². The lowest BCUT2D eigenvalue weighted by molar-refractivity contribution is 0.482. The van der Waals surface area contributed by atoms with Crippen LogP contribution in [-0.2, 0) is 6.54 Å². The Balaban J connectivity index is 2.25. The summed E-state index contributed by atoms with van der Waals surface area (Å²) in [6.07, 6.45) is 2.22. The highest BCUT2D eigenvalue weighted by Gasteiger charge is 1.99. The first-order valence-electron chi connectivity index (χ1n) is 3.95. The molecule has 0 fully saturated rings. The van der Waals surface area contributed by atoms with Crippen molar-refractivity contribution in [1.29, 1.82) is 5.26 Å². The van der Waals surface area contributed by atoms with Gasteiger partial charge in [-0.05, 0) is 18.6 Å². The summed E-state index contributed by atoms with van der Waals surface area (Å²) >= 11 is 0. The van der Waals surface area contributed by atoms with Crippen molar-refractivity contribution in [3.05, 3.63) is 23.7 Å². The molecule has 0 amide bonds. The number of nitrogens with one attached hydrogen (secondary N) is 1. The molecule has 1 aromatic heterocycles. The van der Waals surface area contributed by atoms with Crippen molar-refractivity contribution in [2.45, 2.75) is 19.9 Å². The van der Waals surface area contributed by atoms with Gasteiger partial charge in [-0.1, -0.05) is 0 Å². The van der Waals surface area contributed by atoms with Crippen molar-refractivity contribution in [3.63, 3.8) is 0 Å². The molecule has 3 heteroatoms. The molecule has 0 aliphatic carbocycles. The first-order valence-corrected chi connectivity index (χ1v) is 3.95. The highest BCUT2D eigenvalue weighted by Crippen LogP contribution is 2.07. The summed E-state index contributed by atoms with van der Waals surface area (Å²) < 4.78 is 5.20. The summed E-state index contributed by atoms with van der Waals surface area (Å²) in [4.78, 5) is 0. The third-order valence-corrected chi connectivity index (χ3v) is 1.67. The normalized spacial score (nSPS) is 9.67. The molecule has 0 spiro atoms. The fourth-order valence-electron chi connectivity index (χ4n) is 0.931. The monoisotopic (exact) mass is 164 g/mol. The minimum atomic E-state index is 0.541. The number of rotatable bonds is 4. The number of nitriles is 1. The van der Waals surface area contributed by atoms with Gasteiger partial charge in [-0.2, -0.15) is 5.26 Å². The molecular formula is C9H12N2O. The number of hydrogen-bond acceptors (Lipinski definition) is 3. The Labute approximate surface area is 72.0 Å². The van der Waals surface area contributed by atoms with E-state index in [1.807, 2.05) is 13.0 Å². The van der Waals surface area contributed by atoms with Crippen molar-refractivity contribution in [2.75, 3.05) is 6.54 Å². The highest BCUT2D eigenvalue weighted by molar-refractivity contribution is 5.13. The maximum Gasteiger partial charge on any atom is 0.120 e. The third-order valence-electron chi connectivity index (χ3n) is 1.67. The van der Waals surface area contributed by atoms with E-state index < -0.39 is 0 Å². The summed E-state index contributed by atoms with van der Waals surface area (Å²) in [5, 5.41) is 11.4. The standard InChI is InChI=1S/C9H12N2O/c1-8-3-6-12-9(8)7-11-5-2-4-10/h3,6,11H,2,5,7H2,1H3. The van der Waals surface area contributed by atoms with E-state index in [0.29, 0.717) is 13.0 Å². The SMILES string of the molecule is Cc1ccoc1CNCCC#N. The van der Waals surface area contributed by atoms with E-state index >= 15 is 0 Å². The maximum absolute atomic E-state index is 8.26. The molecule has 0 aliphatic rings. The van der Waals surface area contributed by atoms with Crippen LogP contribution >= 0.6 is 0 Å². The van der Waals surface area contributed by atoms with E-state index in [9.17, 15) is 0 Å². The molecule has 1 N–H and O–H groups in total. The lowest BCUT2D eigenvalue weighted by Crippen LogP contribution is -2.14. The molecule has 0 aromatic carbocycles. The van der Waals surface area contributed by atoms with Crippen LogP contribution in [0.5, 0.6) is 0 Å². The summed E-state index contributed by atoms with van der Waals surface area (Å²) in [5.41, 5.74) is 1.15. The van der Waals surface area contributed by atoms with Crippen molar-refractivity contribution in [1.82, 2.24) is 5.32 Å². The molecule has 12 heavy (non-hydrogen) atoms.